The lowest BCUT2D eigenvalue weighted by Crippen LogP contribution is -2.41. The Kier molecular flexibility index (Phi) is 3.60. The normalized spacial score (nSPS) is 20.7. The fraction of sp³-hybridized carbons (Fsp3) is 0.333. The van der Waals surface area contributed by atoms with Gasteiger partial charge in [0.1, 0.15) is 11.5 Å². The van der Waals surface area contributed by atoms with Crippen molar-refractivity contribution >= 4 is 0 Å². The highest BCUT2D eigenvalue weighted by molar-refractivity contribution is 5.49. The van der Waals surface area contributed by atoms with Crippen LogP contribution in [0.3, 0.4) is 0 Å². The molecule has 0 amide bonds. The van der Waals surface area contributed by atoms with Gasteiger partial charge < -0.3 is 15.2 Å². The molecule has 2 aromatic rings. The van der Waals surface area contributed by atoms with Gasteiger partial charge in [0.25, 0.3) is 0 Å². The van der Waals surface area contributed by atoms with Crippen LogP contribution in [0.25, 0.3) is 0 Å². The van der Waals surface area contributed by atoms with E-state index in [9.17, 15) is 0 Å². The van der Waals surface area contributed by atoms with E-state index < -0.39 is 5.54 Å². The molecular formula is C18H21NO2. The molecule has 0 radical (unpaired) electrons. The lowest BCUT2D eigenvalue weighted by Gasteiger charge is -2.36. The molecule has 0 bridgehead atoms. The quantitative estimate of drug-likeness (QED) is 0.940. The Morgan fingerprint density at radius 2 is 1.67 bits per heavy atom. The summed E-state index contributed by atoms with van der Waals surface area (Å²) < 4.78 is 10.8. The molecular weight excluding hydrogens is 262 g/mol. The number of fused-ring (bicyclic) bond motifs is 1. The van der Waals surface area contributed by atoms with Gasteiger partial charge in [-0.3, -0.25) is 0 Å². The van der Waals surface area contributed by atoms with Crippen LogP contribution in [0.2, 0.25) is 0 Å². The largest absolute Gasteiger partial charge is 0.497 e. The number of methoxy groups -OCH3 is 2. The van der Waals surface area contributed by atoms with Gasteiger partial charge >= 0.3 is 0 Å². The molecule has 110 valence electrons. The minimum absolute atomic E-state index is 0.476. The van der Waals surface area contributed by atoms with Crippen LogP contribution in [-0.4, -0.2) is 14.2 Å². The van der Waals surface area contributed by atoms with Crippen LogP contribution in [0.15, 0.2) is 42.5 Å². The second-order valence-electron chi connectivity index (χ2n) is 5.58. The van der Waals surface area contributed by atoms with Crippen molar-refractivity contribution in [3.05, 3.63) is 59.2 Å². The average Bonchev–Trinajstić information content (AvgIpc) is 2.54. The molecule has 0 fully saturated rings. The summed E-state index contributed by atoms with van der Waals surface area (Å²) in [5, 5.41) is 0. The molecule has 3 rings (SSSR count). The summed E-state index contributed by atoms with van der Waals surface area (Å²) in [5.74, 6) is 1.55. The average molecular weight is 283 g/mol. The van der Waals surface area contributed by atoms with E-state index in [1.54, 1.807) is 14.2 Å². The van der Waals surface area contributed by atoms with Gasteiger partial charge in [-0.2, -0.15) is 0 Å². The topological polar surface area (TPSA) is 44.5 Å². The van der Waals surface area contributed by atoms with E-state index in [-0.39, 0.29) is 0 Å². The molecule has 3 heteroatoms. The van der Waals surface area contributed by atoms with Crippen molar-refractivity contribution in [3.63, 3.8) is 0 Å². The van der Waals surface area contributed by atoms with Crippen LogP contribution in [-0.2, 0) is 12.0 Å². The third kappa shape index (κ3) is 2.38. The van der Waals surface area contributed by atoms with Gasteiger partial charge in [-0.25, -0.2) is 0 Å². The standard InChI is InChI=1S/C18H21NO2/c1-20-15-10-14(11-16(12-15)21-2)18(19)9-5-7-13-6-3-4-8-17(13)18/h3-4,6,8,10-12H,5,7,9,19H2,1-2H3. The molecule has 1 atom stereocenters. The fourth-order valence-corrected chi connectivity index (χ4v) is 3.23. The van der Waals surface area contributed by atoms with Gasteiger partial charge in [0.15, 0.2) is 0 Å². The van der Waals surface area contributed by atoms with Crippen LogP contribution in [0.5, 0.6) is 11.5 Å². The third-order valence-corrected chi connectivity index (χ3v) is 4.38. The SMILES string of the molecule is COc1cc(OC)cc(C2(N)CCCc3ccccc32)c1. The summed E-state index contributed by atoms with van der Waals surface area (Å²) in [6.45, 7) is 0. The number of ether oxygens (including phenoxy) is 2. The van der Waals surface area contributed by atoms with E-state index in [1.165, 1.54) is 11.1 Å². The lowest BCUT2D eigenvalue weighted by atomic mass is 9.73. The highest BCUT2D eigenvalue weighted by atomic mass is 16.5. The Bertz CT molecular complexity index is 631. The van der Waals surface area contributed by atoms with Crippen molar-refractivity contribution in [1.82, 2.24) is 0 Å². The highest BCUT2D eigenvalue weighted by Crippen LogP contribution is 2.40. The first kappa shape index (κ1) is 14.0. The Balaban J connectivity index is 2.15. The molecule has 0 aliphatic heterocycles. The number of aryl methyl sites for hydroxylation is 1. The van der Waals surface area contributed by atoms with Crippen molar-refractivity contribution in [3.8, 4) is 11.5 Å². The maximum Gasteiger partial charge on any atom is 0.122 e. The number of rotatable bonds is 3. The van der Waals surface area contributed by atoms with Crippen molar-refractivity contribution in [2.45, 2.75) is 24.8 Å². The van der Waals surface area contributed by atoms with E-state index in [4.69, 9.17) is 15.2 Å². The minimum Gasteiger partial charge on any atom is -0.497 e. The monoisotopic (exact) mass is 283 g/mol. The molecule has 0 saturated heterocycles. The van der Waals surface area contributed by atoms with E-state index in [1.807, 2.05) is 18.2 Å². The first-order valence-corrected chi connectivity index (χ1v) is 7.28. The van der Waals surface area contributed by atoms with E-state index in [0.29, 0.717) is 0 Å². The molecule has 1 aliphatic rings. The maximum absolute atomic E-state index is 6.83. The van der Waals surface area contributed by atoms with E-state index in [2.05, 4.69) is 24.3 Å². The molecule has 0 heterocycles. The molecule has 2 N–H and O–H groups in total. The smallest absolute Gasteiger partial charge is 0.122 e. The molecule has 3 nitrogen and oxygen atoms in total. The number of hydrogen-bond donors (Lipinski definition) is 1. The minimum atomic E-state index is -0.476. The summed E-state index contributed by atoms with van der Waals surface area (Å²) in [6.07, 6.45) is 3.11. The predicted molar refractivity (Wildman–Crippen MR) is 83.9 cm³/mol. The maximum atomic E-state index is 6.83. The van der Waals surface area contributed by atoms with Gasteiger partial charge in [0.2, 0.25) is 0 Å². The van der Waals surface area contributed by atoms with Gasteiger partial charge in [-0.15, -0.1) is 0 Å². The van der Waals surface area contributed by atoms with Gasteiger partial charge in [-0.05, 0) is 48.1 Å². The van der Waals surface area contributed by atoms with Gasteiger partial charge in [0, 0.05) is 6.07 Å². The molecule has 2 aromatic carbocycles. The molecule has 0 spiro atoms. The molecule has 1 aliphatic carbocycles. The molecule has 21 heavy (non-hydrogen) atoms. The van der Waals surface area contributed by atoms with Crippen LogP contribution >= 0.6 is 0 Å². The number of hydrogen-bond acceptors (Lipinski definition) is 3. The zero-order valence-corrected chi connectivity index (χ0v) is 12.6. The van der Waals surface area contributed by atoms with Crippen LogP contribution in [0.1, 0.15) is 29.5 Å². The lowest BCUT2D eigenvalue weighted by molar-refractivity contribution is 0.385. The van der Waals surface area contributed by atoms with Gasteiger partial charge in [0.05, 0.1) is 19.8 Å². The van der Waals surface area contributed by atoms with E-state index in [0.717, 1.165) is 36.3 Å². The molecule has 1 unspecified atom stereocenters. The second kappa shape index (κ2) is 5.41. The Morgan fingerprint density at radius 3 is 2.33 bits per heavy atom. The zero-order chi connectivity index (χ0) is 14.9. The highest BCUT2D eigenvalue weighted by Gasteiger charge is 2.34. The molecule has 0 saturated carbocycles. The Morgan fingerprint density at radius 1 is 1.00 bits per heavy atom. The van der Waals surface area contributed by atoms with Crippen molar-refractivity contribution < 1.29 is 9.47 Å². The van der Waals surface area contributed by atoms with E-state index >= 15 is 0 Å². The van der Waals surface area contributed by atoms with Crippen LogP contribution in [0.4, 0.5) is 0 Å². The van der Waals surface area contributed by atoms with Crippen molar-refractivity contribution in [2.75, 3.05) is 14.2 Å². The number of nitrogens with two attached hydrogens (primary N) is 1. The second-order valence-corrected chi connectivity index (χ2v) is 5.58. The summed E-state index contributed by atoms with van der Waals surface area (Å²) in [5.41, 5.74) is 9.95. The molecule has 0 aromatic heterocycles. The predicted octanol–water partition coefficient (Wildman–Crippen LogP) is 3.24. The fourth-order valence-electron chi connectivity index (χ4n) is 3.23. The van der Waals surface area contributed by atoms with Crippen LogP contribution in [0, 0.1) is 0 Å². The van der Waals surface area contributed by atoms with Gasteiger partial charge in [-0.1, -0.05) is 24.3 Å². The Hall–Kier alpha value is -2.00. The summed E-state index contributed by atoms with van der Waals surface area (Å²) >= 11 is 0. The first-order chi connectivity index (χ1) is 10.2. The van der Waals surface area contributed by atoms with Crippen LogP contribution < -0.4 is 15.2 Å². The summed E-state index contributed by atoms with van der Waals surface area (Å²) in [4.78, 5) is 0. The summed E-state index contributed by atoms with van der Waals surface area (Å²) in [7, 11) is 3.33. The number of benzene rings is 2. The van der Waals surface area contributed by atoms with Crippen molar-refractivity contribution in [2.24, 2.45) is 5.73 Å². The summed E-state index contributed by atoms with van der Waals surface area (Å²) in [6, 6.07) is 14.4. The van der Waals surface area contributed by atoms with Crippen molar-refractivity contribution in [1.29, 1.82) is 0 Å². The Labute approximate surface area is 125 Å². The third-order valence-electron chi connectivity index (χ3n) is 4.38. The first-order valence-electron chi connectivity index (χ1n) is 7.28. The zero-order valence-electron chi connectivity index (χ0n) is 12.6.